The highest BCUT2D eigenvalue weighted by Gasteiger charge is 2.25. The average Bonchev–Trinajstić information content (AvgIpc) is 2.45. The lowest BCUT2D eigenvalue weighted by molar-refractivity contribution is -0.127. The van der Waals surface area contributed by atoms with Crippen molar-refractivity contribution in [3.8, 4) is 0 Å². The summed E-state index contributed by atoms with van der Waals surface area (Å²) in [5.41, 5.74) is 7.66. The number of rotatable bonds is 7. The Labute approximate surface area is 128 Å². The zero-order valence-electron chi connectivity index (χ0n) is 13.9. The topological polar surface area (TPSA) is 58.4 Å². The summed E-state index contributed by atoms with van der Waals surface area (Å²) in [6.45, 7) is 11.7. The van der Waals surface area contributed by atoms with Crippen LogP contribution in [-0.4, -0.2) is 28.9 Å². The molecule has 0 saturated carbocycles. The molecule has 0 heterocycles. The number of benzene rings is 1. The Morgan fingerprint density at radius 2 is 1.95 bits per heavy atom. The first kappa shape index (κ1) is 17.5. The molecule has 0 spiro atoms. The van der Waals surface area contributed by atoms with Gasteiger partial charge in [0.05, 0.1) is 6.04 Å². The molecule has 4 heteroatoms. The lowest BCUT2D eigenvalue weighted by atomic mass is 10.0. The summed E-state index contributed by atoms with van der Waals surface area (Å²) in [6, 6.07) is 7.63. The van der Waals surface area contributed by atoms with E-state index in [1.165, 1.54) is 0 Å². The Balaban J connectivity index is 2.75. The molecule has 0 aliphatic rings. The number of anilines is 1. The summed E-state index contributed by atoms with van der Waals surface area (Å²) in [5.74, 6) is 0.0678. The van der Waals surface area contributed by atoms with Crippen LogP contribution in [0.1, 0.15) is 46.6 Å². The van der Waals surface area contributed by atoms with Crippen LogP contribution in [0.5, 0.6) is 0 Å². The fraction of sp³-hybridized carbons (Fsp3) is 0.588. The fourth-order valence-electron chi connectivity index (χ4n) is 2.11. The van der Waals surface area contributed by atoms with E-state index in [0.717, 1.165) is 24.2 Å². The number of para-hydroxylation sites is 1. The maximum atomic E-state index is 12.4. The Kier molecular flexibility index (Phi) is 6.21. The number of carbonyl (C=O) groups excluding carboxylic acids is 1. The van der Waals surface area contributed by atoms with E-state index in [2.05, 4.69) is 24.1 Å². The van der Waals surface area contributed by atoms with Crippen molar-refractivity contribution in [2.45, 2.75) is 59.2 Å². The lowest BCUT2D eigenvalue weighted by Crippen LogP contribution is -2.51. The van der Waals surface area contributed by atoms with Crippen molar-refractivity contribution < 1.29 is 4.79 Å². The summed E-state index contributed by atoms with van der Waals surface area (Å²) >= 11 is 0. The van der Waals surface area contributed by atoms with E-state index in [-0.39, 0.29) is 17.5 Å². The molecule has 1 aromatic rings. The van der Waals surface area contributed by atoms with Crippen LogP contribution in [0.3, 0.4) is 0 Å². The van der Waals surface area contributed by atoms with Crippen LogP contribution in [-0.2, 0) is 11.3 Å². The number of nitrogens with one attached hydrogen (secondary N) is 1. The van der Waals surface area contributed by atoms with Gasteiger partial charge in [0.15, 0.2) is 0 Å². The minimum Gasteiger partial charge on any atom is -0.398 e. The second-order valence-corrected chi connectivity index (χ2v) is 6.16. The quantitative estimate of drug-likeness (QED) is 0.759. The van der Waals surface area contributed by atoms with E-state index in [9.17, 15) is 4.79 Å². The van der Waals surface area contributed by atoms with E-state index in [4.69, 9.17) is 5.73 Å². The van der Waals surface area contributed by atoms with Gasteiger partial charge >= 0.3 is 0 Å². The van der Waals surface area contributed by atoms with E-state index in [1.54, 1.807) is 0 Å². The highest BCUT2D eigenvalue weighted by Crippen LogP contribution is 2.16. The number of hydrogen-bond donors (Lipinski definition) is 2. The molecule has 0 aromatic heterocycles. The Hall–Kier alpha value is -1.55. The second kappa shape index (κ2) is 7.46. The monoisotopic (exact) mass is 291 g/mol. The number of nitrogen functional groups attached to an aromatic ring is 1. The fourth-order valence-corrected chi connectivity index (χ4v) is 2.11. The number of nitrogens with two attached hydrogens (primary N) is 1. The lowest BCUT2D eigenvalue weighted by Gasteiger charge is -2.31. The third-order valence-corrected chi connectivity index (χ3v) is 4.11. The number of carbonyl (C=O) groups is 1. The second-order valence-electron chi connectivity index (χ2n) is 6.16. The minimum atomic E-state index is -0.180. The molecule has 1 unspecified atom stereocenters. The molecule has 0 aliphatic heterocycles. The molecule has 1 amide bonds. The molecule has 0 fully saturated rings. The molecule has 4 nitrogen and oxygen atoms in total. The first-order valence-corrected chi connectivity index (χ1v) is 7.70. The zero-order valence-corrected chi connectivity index (χ0v) is 13.9. The smallest absolute Gasteiger partial charge is 0.237 e. The maximum absolute atomic E-state index is 12.4. The van der Waals surface area contributed by atoms with Gasteiger partial charge in [-0.1, -0.05) is 32.0 Å². The predicted octanol–water partition coefficient (Wildman–Crippen LogP) is 2.78. The van der Waals surface area contributed by atoms with Crippen LogP contribution >= 0.6 is 0 Å². The number of amides is 1. The summed E-state index contributed by atoms with van der Waals surface area (Å²) in [4.78, 5) is 14.5. The minimum absolute atomic E-state index is 0.0678. The largest absolute Gasteiger partial charge is 0.398 e. The van der Waals surface area contributed by atoms with Crippen LogP contribution in [0.15, 0.2) is 24.3 Å². The van der Waals surface area contributed by atoms with Crippen molar-refractivity contribution in [1.82, 2.24) is 10.2 Å². The molecule has 0 bridgehead atoms. The third kappa shape index (κ3) is 5.05. The first-order chi connectivity index (χ1) is 9.80. The predicted molar refractivity (Wildman–Crippen MR) is 88.9 cm³/mol. The Morgan fingerprint density at radius 3 is 2.48 bits per heavy atom. The number of likely N-dealkylation sites (N-methyl/N-ethyl adjacent to an activating group) is 1. The third-order valence-electron chi connectivity index (χ3n) is 4.11. The van der Waals surface area contributed by atoms with Crippen molar-refractivity contribution in [3.63, 3.8) is 0 Å². The van der Waals surface area contributed by atoms with Crippen molar-refractivity contribution in [3.05, 3.63) is 29.8 Å². The summed E-state index contributed by atoms with van der Waals surface area (Å²) in [6.07, 6.45) is 0.906. The molecule has 21 heavy (non-hydrogen) atoms. The van der Waals surface area contributed by atoms with Crippen LogP contribution in [0, 0.1) is 0 Å². The molecule has 1 rings (SSSR count). The highest BCUT2D eigenvalue weighted by atomic mass is 16.2. The van der Waals surface area contributed by atoms with Crippen molar-refractivity contribution in [2.75, 3.05) is 12.3 Å². The van der Waals surface area contributed by atoms with Crippen molar-refractivity contribution in [2.24, 2.45) is 0 Å². The van der Waals surface area contributed by atoms with Gasteiger partial charge in [0.25, 0.3) is 0 Å². The van der Waals surface area contributed by atoms with Gasteiger partial charge in [-0.3, -0.25) is 9.69 Å². The van der Waals surface area contributed by atoms with Gasteiger partial charge in [-0.25, -0.2) is 0 Å². The van der Waals surface area contributed by atoms with E-state index >= 15 is 0 Å². The van der Waals surface area contributed by atoms with Gasteiger partial charge in [-0.2, -0.15) is 0 Å². The van der Waals surface area contributed by atoms with Gasteiger partial charge in [-0.15, -0.1) is 0 Å². The molecule has 0 radical (unpaired) electrons. The van der Waals surface area contributed by atoms with Crippen LogP contribution in [0.4, 0.5) is 5.69 Å². The molecule has 118 valence electrons. The van der Waals surface area contributed by atoms with E-state index in [0.29, 0.717) is 6.54 Å². The van der Waals surface area contributed by atoms with Crippen molar-refractivity contribution in [1.29, 1.82) is 0 Å². The van der Waals surface area contributed by atoms with Crippen LogP contribution < -0.4 is 11.1 Å². The molecule has 1 aromatic carbocycles. The molecular weight excluding hydrogens is 262 g/mol. The zero-order chi connectivity index (χ0) is 16.0. The van der Waals surface area contributed by atoms with Crippen LogP contribution in [0.2, 0.25) is 0 Å². The molecule has 1 atom stereocenters. The van der Waals surface area contributed by atoms with E-state index in [1.807, 2.05) is 45.0 Å². The SMILES string of the molecule is CCN(Cc1ccccc1N)C(C)C(=O)NC(C)(C)CC. The maximum Gasteiger partial charge on any atom is 0.237 e. The highest BCUT2D eigenvalue weighted by molar-refractivity contribution is 5.82. The Morgan fingerprint density at radius 1 is 1.33 bits per heavy atom. The van der Waals surface area contributed by atoms with Crippen molar-refractivity contribution >= 4 is 11.6 Å². The number of nitrogens with zero attached hydrogens (tertiary/aromatic N) is 1. The van der Waals surface area contributed by atoms with Gasteiger partial charge < -0.3 is 11.1 Å². The van der Waals surface area contributed by atoms with Gasteiger partial charge in [-0.05, 0) is 45.4 Å². The standard InChI is InChI=1S/C17H29N3O/c1-6-17(4,5)19-16(21)13(3)20(7-2)12-14-10-8-9-11-15(14)18/h8-11,13H,6-7,12,18H2,1-5H3,(H,19,21). The summed E-state index contributed by atoms with van der Waals surface area (Å²) < 4.78 is 0. The summed E-state index contributed by atoms with van der Waals surface area (Å²) in [5, 5.41) is 3.11. The molecule has 0 aliphatic carbocycles. The van der Waals surface area contributed by atoms with Gasteiger partial charge in [0.1, 0.15) is 0 Å². The van der Waals surface area contributed by atoms with Crippen LogP contribution in [0.25, 0.3) is 0 Å². The van der Waals surface area contributed by atoms with E-state index < -0.39 is 0 Å². The normalized spacial score (nSPS) is 13.2. The summed E-state index contributed by atoms with van der Waals surface area (Å²) in [7, 11) is 0. The first-order valence-electron chi connectivity index (χ1n) is 7.70. The molecule has 0 saturated heterocycles. The Bertz CT molecular complexity index is 471. The molecule has 3 N–H and O–H groups in total. The molecular formula is C17H29N3O. The van der Waals surface area contributed by atoms with Gasteiger partial charge in [0, 0.05) is 17.8 Å². The number of hydrogen-bond acceptors (Lipinski definition) is 3. The van der Waals surface area contributed by atoms with Gasteiger partial charge in [0.2, 0.25) is 5.91 Å². The average molecular weight is 291 g/mol.